The van der Waals surface area contributed by atoms with Crippen molar-refractivity contribution < 1.29 is 4.79 Å². The lowest BCUT2D eigenvalue weighted by Gasteiger charge is -2.24. The number of hydrogen-bond donors (Lipinski definition) is 1. The van der Waals surface area contributed by atoms with Gasteiger partial charge in [0.2, 0.25) is 0 Å². The molecule has 1 atom stereocenters. The molecule has 1 amide bonds. The van der Waals surface area contributed by atoms with Crippen LogP contribution in [0.2, 0.25) is 0 Å². The van der Waals surface area contributed by atoms with Gasteiger partial charge in [0.05, 0.1) is 5.01 Å². The van der Waals surface area contributed by atoms with Crippen molar-refractivity contribution in [1.82, 2.24) is 14.8 Å². The summed E-state index contributed by atoms with van der Waals surface area (Å²) < 4.78 is 0. The maximum atomic E-state index is 12.8. The number of nitrogens with zero attached hydrogens (tertiary/aromatic N) is 3. The molecule has 3 rings (SSSR count). The summed E-state index contributed by atoms with van der Waals surface area (Å²) in [5.74, 6) is 0.582. The Bertz CT molecular complexity index is 703. The molecule has 26 heavy (non-hydrogen) atoms. The molecule has 0 saturated carbocycles. The van der Waals surface area contributed by atoms with Gasteiger partial charge in [0.1, 0.15) is 5.69 Å². The normalized spacial score (nSPS) is 17.5. The smallest absolute Gasteiger partial charge is 0.273 e. The average molecular weight is 373 g/mol. The molecule has 140 valence electrons. The molecule has 1 aromatic heterocycles. The van der Waals surface area contributed by atoms with Crippen LogP contribution in [-0.4, -0.2) is 53.4 Å². The zero-order valence-electron chi connectivity index (χ0n) is 15.4. The molecule has 1 saturated heterocycles. The van der Waals surface area contributed by atoms with Gasteiger partial charge in [0.15, 0.2) is 0 Å². The monoisotopic (exact) mass is 372 g/mol. The molecule has 1 aliphatic rings. The zero-order chi connectivity index (χ0) is 18.4. The van der Waals surface area contributed by atoms with Crippen molar-refractivity contribution in [3.05, 3.63) is 52.0 Å². The van der Waals surface area contributed by atoms with Crippen LogP contribution in [-0.2, 0) is 13.0 Å². The highest BCUT2D eigenvalue weighted by atomic mass is 32.1. The van der Waals surface area contributed by atoms with Crippen molar-refractivity contribution in [3.63, 3.8) is 0 Å². The summed E-state index contributed by atoms with van der Waals surface area (Å²) in [6.45, 7) is 7.28. The molecule has 1 unspecified atom stereocenters. The summed E-state index contributed by atoms with van der Waals surface area (Å²) in [7, 11) is 0. The number of nitrogens with two attached hydrogens (primary N) is 1. The minimum Gasteiger partial charge on any atom is -0.337 e. The Hall–Kier alpha value is -1.76. The summed E-state index contributed by atoms with van der Waals surface area (Å²) in [6, 6.07) is 10.6. The van der Waals surface area contributed by atoms with E-state index in [0.717, 1.165) is 50.6 Å². The summed E-state index contributed by atoms with van der Waals surface area (Å²) in [4.78, 5) is 21.7. The van der Waals surface area contributed by atoms with Gasteiger partial charge in [-0.3, -0.25) is 9.69 Å². The molecule has 6 heteroatoms. The number of aromatic nitrogens is 1. The van der Waals surface area contributed by atoms with Gasteiger partial charge in [-0.1, -0.05) is 30.3 Å². The third-order valence-corrected chi connectivity index (χ3v) is 5.80. The second kappa shape index (κ2) is 9.26. The predicted octanol–water partition coefficient (Wildman–Crippen LogP) is 2.63. The van der Waals surface area contributed by atoms with Crippen LogP contribution < -0.4 is 5.73 Å². The van der Waals surface area contributed by atoms with Crippen molar-refractivity contribution in [2.75, 3.05) is 32.7 Å². The van der Waals surface area contributed by atoms with Crippen LogP contribution in [0.1, 0.15) is 34.4 Å². The van der Waals surface area contributed by atoms with E-state index in [-0.39, 0.29) is 5.91 Å². The van der Waals surface area contributed by atoms with Crippen LogP contribution in [0.25, 0.3) is 0 Å². The van der Waals surface area contributed by atoms with Crippen LogP contribution in [0.3, 0.4) is 0 Å². The second-order valence-corrected chi connectivity index (χ2v) is 7.83. The van der Waals surface area contributed by atoms with E-state index >= 15 is 0 Å². The van der Waals surface area contributed by atoms with E-state index in [1.807, 2.05) is 17.2 Å². The highest BCUT2D eigenvalue weighted by molar-refractivity contribution is 7.09. The average Bonchev–Trinajstić information content (AvgIpc) is 3.30. The van der Waals surface area contributed by atoms with Crippen molar-refractivity contribution in [3.8, 4) is 0 Å². The van der Waals surface area contributed by atoms with Crippen LogP contribution in [0.15, 0.2) is 35.7 Å². The van der Waals surface area contributed by atoms with Crippen molar-refractivity contribution in [2.45, 2.75) is 26.3 Å². The van der Waals surface area contributed by atoms with Gasteiger partial charge < -0.3 is 10.6 Å². The minimum atomic E-state index is 0.0496. The fourth-order valence-electron chi connectivity index (χ4n) is 3.52. The van der Waals surface area contributed by atoms with Crippen LogP contribution in [0.5, 0.6) is 0 Å². The highest BCUT2D eigenvalue weighted by Gasteiger charge is 2.27. The van der Waals surface area contributed by atoms with E-state index in [2.05, 4.69) is 40.2 Å². The van der Waals surface area contributed by atoms with Gasteiger partial charge in [0.25, 0.3) is 5.91 Å². The summed E-state index contributed by atoms with van der Waals surface area (Å²) >= 11 is 1.53. The number of likely N-dealkylation sites (tertiary alicyclic amines) is 1. The molecular formula is C20H28N4OS. The third-order valence-electron chi connectivity index (χ3n) is 4.90. The summed E-state index contributed by atoms with van der Waals surface area (Å²) in [5, 5.41) is 2.81. The molecule has 2 heterocycles. The topological polar surface area (TPSA) is 62.5 Å². The number of benzene rings is 1. The number of rotatable bonds is 8. The largest absolute Gasteiger partial charge is 0.337 e. The molecule has 1 fully saturated rings. The maximum absolute atomic E-state index is 12.8. The minimum absolute atomic E-state index is 0.0496. The first-order valence-electron chi connectivity index (χ1n) is 9.39. The Kier molecular flexibility index (Phi) is 6.77. The zero-order valence-corrected chi connectivity index (χ0v) is 16.3. The first-order chi connectivity index (χ1) is 12.7. The van der Waals surface area contributed by atoms with Gasteiger partial charge in [-0.25, -0.2) is 4.98 Å². The summed E-state index contributed by atoms with van der Waals surface area (Å²) in [5.41, 5.74) is 7.50. The Morgan fingerprint density at radius 3 is 2.92 bits per heavy atom. The van der Waals surface area contributed by atoms with Crippen LogP contribution in [0.4, 0.5) is 0 Å². The van der Waals surface area contributed by atoms with E-state index in [9.17, 15) is 4.79 Å². The van der Waals surface area contributed by atoms with E-state index < -0.39 is 0 Å². The molecule has 0 radical (unpaired) electrons. The standard InChI is InChI=1S/C20H28N4OS/c1-2-24(20(25)18-15-26-19(22-18)8-10-21)14-17-9-11-23(13-17)12-16-6-4-3-5-7-16/h3-7,15,17H,2,8-14,21H2,1H3. The maximum Gasteiger partial charge on any atom is 0.273 e. The second-order valence-electron chi connectivity index (χ2n) is 6.88. The first-order valence-corrected chi connectivity index (χ1v) is 10.3. The Morgan fingerprint density at radius 1 is 1.38 bits per heavy atom. The SMILES string of the molecule is CCN(CC1CCN(Cc2ccccc2)C1)C(=O)c1csc(CCN)n1. The lowest BCUT2D eigenvalue weighted by atomic mass is 10.1. The first kappa shape index (κ1) is 19.0. The van der Waals surface area contributed by atoms with Gasteiger partial charge in [0, 0.05) is 38.0 Å². The Morgan fingerprint density at radius 2 is 2.19 bits per heavy atom. The fourth-order valence-corrected chi connectivity index (χ4v) is 4.31. The summed E-state index contributed by atoms with van der Waals surface area (Å²) in [6.07, 6.45) is 1.88. The molecule has 5 nitrogen and oxygen atoms in total. The van der Waals surface area contributed by atoms with Gasteiger partial charge in [-0.05, 0) is 37.9 Å². The lowest BCUT2D eigenvalue weighted by molar-refractivity contribution is 0.0733. The number of carbonyl (C=O) groups excluding carboxylic acids is 1. The van der Waals surface area contributed by atoms with Crippen LogP contribution in [0, 0.1) is 5.92 Å². The molecule has 0 spiro atoms. The van der Waals surface area contributed by atoms with Crippen molar-refractivity contribution >= 4 is 17.2 Å². The highest BCUT2D eigenvalue weighted by Crippen LogP contribution is 2.21. The Balaban J connectivity index is 1.53. The van der Waals surface area contributed by atoms with Crippen molar-refractivity contribution in [2.24, 2.45) is 11.7 Å². The molecular weight excluding hydrogens is 344 g/mol. The van der Waals surface area contributed by atoms with Crippen LogP contribution >= 0.6 is 11.3 Å². The molecule has 2 N–H and O–H groups in total. The number of hydrogen-bond acceptors (Lipinski definition) is 5. The predicted molar refractivity (Wildman–Crippen MR) is 106 cm³/mol. The van der Waals surface area contributed by atoms with E-state index in [1.165, 1.54) is 16.9 Å². The molecule has 0 aliphatic carbocycles. The van der Waals surface area contributed by atoms with Gasteiger partial charge >= 0.3 is 0 Å². The number of thiazole rings is 1. The molecule has 1 aromatic carbocycles. The van der Waals surface area contributed by atoms with E-state index in [4.69, 9.17) is 5.73 Å². The fraction of sp³-hybridized carbons (Fsp3) is 0.500. The lowest BCUT2D eigenvalue weighted by Crippen LogP contribution is -2.36. The van der Waals surface area contributed by atoms with Gasteiger partial charge in [-0.15, -0.1) is 11.3 Å². The van der Waals surface area contributed by atoms with Gasteiger partial charge in [-0.2, -0.15) is 0 Å². The Labute approximate surface area is 159 Å². The third kappa shape index (κ3) is 4.90. The number of carbonyl (C=O) groups is 1. The van der Waals surface area contributed by atoms with E-state index in [0.29, 0.717) is 18.2 Å². The van der Waals surface area contributed by atoms with Crippen molar-refractivity contribution in [1.29, 1.82) is 0 Å². The van der Waals surface area contributed by atoms with E-state index in [1.54, 1.807) is 0 Å². The molecule has 0 bridgehead atoms. The molecule has 1 aliphatic heterocycles. The quantitative estimate of drug-likeness (QED) is 0.774. The number of amides is 1. The molecule has 2 aromatic rings.